The van der Waals surface area contributed by atoms with Crippen molar-refractivity contribution in [1.29, 1.82) is 0 Å². The van der Waals surface area contributed by atoms with Crippen LogP contribution in [-0.2, 0) is 11.2 Å². The van der Waals surface area contributed by atoms with Crippen molar-refractivity contribution in [3.63, 3.8) is 0 Å². The Hall–Kier alpha value is -3.61. The number of nitrogens with zero attached hydrogens (tertiary/aromatic N) is 1. The highest BCUT2D eigenvalue weighted by Gasteiger charge is 2.42. The third-order valence-corrected chi connectivity index (χ3v) is 6.05. The number of rotatable bonds is 5. The Morgan fingerprint density at radius 1 is 1.06 bits per heavy atom. The van der Waals surface area contributed by atoms with Crippen molar-refractivity contribution in [3.8, 4) is 11.5 Å². The van der Waals surface area contributed by atoms with Crippen molar-refractivity contribution < 1.29 is 23.9 Å². The normalized spacial score (nSPS) is 18.6. The Balaban J connectivity index is 1.50. The predicted molar refractivity (Wildman–Crippen MR) is 117 cm³/mol. The van der Waals surface area contributed by atoms with Crippen LogP contribution in [0.25, 0.3) is 5.70 Å². The maximum absolute atomic E-state index is 13.5. The highest BCUT2D eigenvalue weighted by atomic mass is 16.7. The van der Waals surface area contributed by atoms with Crippen LogP contribution in [0.5, 0.6) is 11.5 Å². The molecule has 164 valence electrons. The van der Waals surface area contributed by atoms with Gasteiger partial charge in [-0.1, -0.05) is 26.0 Å². The lowest BCUT2D eigenvalue weighted by Gasteiger charge is -2.27. The standard InChI is InChI=1S/C25H24N2O5/c1-14(2)9-20(27-24(29)16-5-3-4-6-17(16)25(27)30)21(28)12-19-18-11-23-22(31-13-32-23)10-15(18)7-8-26-19/h3-6,10-12,14,20,26H,7-9,13H2,1-2H3. The van der Waals surface area contributed by atoms with E-state index in [9.17, 15) is 14.4 Å². The van der Waals surface area contributed by atoms with Crippen molar-refractivity contribution in [2.24, 2.45) is 5.92 Å². The van der Waals surface area contributed by atoms with Crippen LogP contribution in [-0.4, -0.2) is 41.9 Å². The summed E-state index contributed by atoms with van der Waals surface area (Å²) in [7, 11) is 0. The topological polar surface area (TPSA) is 84.9 Å². The number of hydrogen-bond donors (Lipinski definition) is 1. The lowest BCUT2D eigenvalue weighted by atomic mass is 9.93. The highest BCUT2D eigenvalue weighted by Crippen LogP contribution is 2.38. The van der Waals surface area contributed by atoms with Crippen LogP contribution in [0.1, 0.15) is 52.1 Å². The number of fused-ring (bicyclic) bond motifs is 3. The van der Waals surface area contributed by atoms with E-state index in [0.29, 0.717) is 41.3 Å². The molecule has 2 aromatic carbocycles. The van der Waals surface area contributed by atoms with Gasteiger partial charge in [0.2, 0.25) is 6.79 Å². The van der Waals surface area contributed by atoms with Crippen LogP contribution in [0, 0.1) is 5.92 Å². The number of nitrogens with one attached hydrogen (secondary N) is 1. The molecule has 5 rings (SSSR count). The first-order chi connectivity index (χ1) is 15.4. The first kappa shape index (κ1) is 20.3. The van der Waals surface area contributed by atoms with E-state index in [2.05, 4.69) is 5.32 Å². The second-order valence-electron chi connectivity index (χ2n) is 8.67. The van der Waals surface area contributed by atoms with Gasteiger partial charge in [0.1, 0.15) is 6.04 Å². The van der Waals surface area contributed by atoms with Gasteiger partial charge < -0.3 is 14.8 Å². The van der Waals surface area contributed by atoms with Gasteiger partial charge in [0.25, 0.3) is 11.8 Å². The number of benzene rings is 2. The molecular formula is C25H24N2O5. The molecule has 0 fully saturated rings. The van der Waals surface area contributed by atoms with E-state index < -0.39 is 17.9 Å². The molecule has 0 bridgehead atoms. The summed E-state index contributed by atoms with van der Waals surface area (Å²) in [5.74, 6) is 0.366. The van der Waals surface area contributed by atoms with E-state index in [0.717, 1.165) is 22.4 Å². The van der Waals surface area contributed by atoms with Crippen molar-refractivity contribution in [3.05, 3.63) is 64.7 Å². The van der Waals surface area contributed by atoms with Gasteiger partial charge in [-0.2, -0.15) is 0 Å². The number of hydrogen-bond acceptors (Lipinski definition) is 6. The van der Waals surface area contributed by atoms with Gasteiger partial charge in [-0.25, -0.2) is 0 Å². The molecule has 0 spiro atoms. The van der Waals surface area contributed by atoms with Crippen LogP contribution in [0.2, 0.25) is 0 Å². The quantitative estimate of drug-likeness (QED) is 0.577. The van der Waals surface area contributed by atoms with Gasteiger partial charge in [-0.05, 0) is 48.6 Å². The minimum atomic E-state index is -0.865. The lowest BCUT2D eigenvalue weighted by molar-refractivity contribution is -0.118. The van der Waals surface area contributed by atoms with Crippen LogP contribution in [0.15, 0.2) is 42.5 Å². The zero-order valence-electron chi connectivity index (χ0n) is 18.0. The van der Waals surface area contributed by atoms with E-state index in [1.54, 1.807) is 24.3 Å². The molecule has 7 heteroatoms. The van der Waals surface area contributed by atoms with E-state index in [1.807, 2.05) is 26.0 Å². The smallest absolute Gasteiger partial charge is 0.262 e. The molecule has 0 saturated carbocycles. The van der Waals surface area contributed by atoms with Crippen LogP contribution < -0.4 is 14.8 Å². The van der Waals surface area contributed by atoms with Crippen molar-refractivity contribution in [1.82, 2.24) is 10.2 Å². The van der Waals surface area contributed by atoms with Crippen LogP contribution in [0.4, 0.5) is 0 Å². The molecule has 2 amide bonds. The molecule has 0 aliphatic carbocycles. The molecule has 1 atom stereocenters. The Morgan fingerprint density at radius 2 is 1.72 bits per heavy atom. The number of amides is 2. The average molecular weight is 432 g/mol. The van der Waals surface area contributed by atoms with Crippen LogP contribution >= 0.6 is 0 Å². The Bertz CT molecular complexity index is 1130. The maximum Gasteiger partial charge on any atom is 0.262 e. The second-order valence-corrected chi connectivity index (χ2v) is 8.67. The minimum absolute atomic E-state index is 0.118. The van der Waals surface area contributed by atoms with Gasteiger partial charge in [0, 0.05) is 23.9 Å². The first-order valence-electron chi connectivity index (χ1n) is 10.8. The van der Waals surface area contributed by atoms with E-state index in [4.69, 9.17) is 9.47 Å². The van der Waals surface area contributed by atoms with Crippen molar-refractivity contribution >= 4 is 23.3 Å². The number of carbonyl (C=O) groups is 3. The average Bonchev–Trinajstić information content (AvgIpc) is 3.33. The highest BCUT2D eigenvalue weighted by molar-refractivity contribution is 6.23. The molecule has 1 unspecified atom stereocenters. The zero-order chi connectivity index (χ0) is 22.4. The number of ketones is 1. The molecule has 1 N–H and O–H groups in total. The molecule has 32 heavy (non-hydrogen) atoms. The summed E-state index contributed by atoms with van der Waals surface area (Å²) in [4.78, 5) is 40.7. The molecule has 0 saturated heterocycles. The van der Waals surface area contributed by atoms with Gasteiger partial charge in [0.15, 0.2) is 17.3 Å². The largest absolute Gasteiger partial charge is 0.454 e. The molecule has 0 aromatic heterocycles. The third-order valence-electron chi connectivity index (χ3n) is 6.05. The van der Waals surface area contributed by atoms with Gasteiger partial charge in [-0.15, -0.1) is 0 Å². The molecule has 7 nitrogen and oxygen atoms in total. The maximum atomic E-state index is 13.5. The zero-order valence-corrected chi connectivity index (χ0v) is 18.0. The fourth-order valence-corrected chi connectivity index (χ4v) is 4.52. The number of ether oxygens (including phenoxy) is 2. The molecule has 3 aliphatic heterocycles. The molecule has 2 aromatic rings. The molecule has 3 aliphatic rings. The van der Waals surface area contributed by atoms with Crippen LogP contribution in [0.3, 0.4) is 0 Å². The molecular weight excluding hydrogens is 408 g/mol. The van der Waals surface area contributed by atoms with Gasteiger partial charge in [-0.3, -0.25) is 19.3 Å². The predicted octanol–water partition coefficient (Wildman–Crippen LogP) is 3.18. The first-order valence-corrected chi connectivity index (χ1v) is 10.8. The summed E-state index contributed by atoms with van der Waals surface area (Å²) in [6.07, 6.45) is 2.71. The van der Waals surface area contributed by atoms with E-state index >= 15 is 0 Å². The Morgan fingerprint density at radius 3 is 2.38 bits per heavy atom. The summed E-state index contributed by atoms with van der Waals surface area (Å²) in [5, 5.41) is 3.29. The summed E-state index contributed by atoms with van der Waals surface area (Å²) >= 11 is 0. The van der Waals surface area contributed by atoms with Crippen molar-refractivity contribution in [2.75, 3.05) is 13.3 Å². The Kier molecular flexibility index (Phi) is 4.96. The monoisotopic (exact) mass is 432 g/mol. The summed E-state index contributed by atoms with van der Waals surface area (Å²) < 4.78 is 11.0. The molecule has 3 heterocycles. The minimum Gasteiger partial charge on any atom is -0.454 e. The summed E-state index contributed by atoms with van der Waals surface area (Å²) in [6.45, 7) is 4.80. The second kappa shape index (κ2) is 7.82. The van der Waals surface area contributed by atoms with E-state index in [-0.39, 0.29) is 18.5 Å². The van der Waals surface area contributed by atoms with Crippen molar-refractivity contribution in [2.45, 2.75) is 32.7 Å². The summed E-state index contributed by atoms with van der Waals surface area (Å²) in [6, 6.07) is 9.67. The van der Waals surface area contributed by atoms with Gasteiger partial charge in [0.05, 0.1) is 11.1 Å². The summed E-state index contributed by atoms with van der Waals surface area (Å²) in [5.41, 5.74) is 3.30. The van der Waals surface area contributed by atoms with E-state index in [1.165, 1.54) is 6.08 Å². The Labute approximate surface area is 186 Å². The molecule has 0 radical (unpaired) electrons. The fourth-order valence-electron chi connectivity index (χ4n) is 4.52. The SMILES string of the molecule is CC(C)CC(C(=O)C=C1NCCc2cc3c(cc21)OCO3)N1C(=O)c2ccccc2C1=O. The van der Waals surface area contributed by atoms with Gasteiger partial charge >= 0.3 is 0 Å². The lowest BCUT2D eigenvalue weighted by Crippen LogP contribution is -2.45. The third kappa shape index (κ3) is 3.34. The number of imide groups is 1. The number of carbonyl (C=O) groups excluding carboxylic acids is 3. The fraction of sp³-hybridized carbons (Fsp3) is 0.320.